The number of nitrogens with one attached hydrogen (secondary N) is 1. The molecule has 0 spiro atoms. The van der Waals surface area contributed by atoms with Gasteiger partial charge in [0.25, 0.3) is 0 Å². The van der Waals surface area contributed by atoms with Crippen LogP contribution in [-0.2, 0) is 6.18 Å². The van der Waals surface area contributed by atoms with Gasteiger partial charge in [-0.05, 0) is 48.3 Å². The van der Waals surface area contributed by atoms with E-state index in [1.54, 1.807) is 6.20 Å². The molecule has 6 heteroatoms. The van der Waals surface area contributed by atoms with Gasteiger partial charge in [0.15, 0.2) is 0 Å². The molecule has 0 saturated heterocycles. The highest BCUT2D eigenvalue weighted by atomic mass is 32.2. The lowest BCUT2D eigenvalue weighted by Gasteiger charge is -2.09. The molecule has 0 atom stereocenters. The third kappa shape index (κ3) is 3.17. The van der Waals surface area contributed by atoms with Gasteiger partial charge in [-0.15, -0.1) is 0 Å². The first-order valence-electron chi connectivity index (χ1n) is 6.48. The number of aromatic nitrogens is 1. The van der Waals surface area contributed by atoms with Gasteiger partial charge in [0, 0.05) is 16.5 Å². The second-order valence-corrected chi connectivity index (χ2v) is 5.49. The maximum atomic E-state index is 12.5. The Morgan fingerprint density at radius 2 is 1.64 bits per heavy atom. The third-order valence-corrected chi connectivity index (χ3v) is 3.92. The van der Waals surface area contributed by atoms with Gasteiger partial charge in [-0.25, -0.2) is 0 Å². The van der Waals surface area contributed by atoms with Crippen LogP contribution in [0.3, 0.4) is 0 Å². The summed E-state index contributed by atoms with van der Waals surface area (Å²) in [6, 6.07) is 14.6. The maximum absolute atomic E-state index is 12.5. The number of para-hydroxylation sites is 1. The van der Waals surface area contributed by atoms with Gasteiger partial charge < -0.3 is 4.72 Å². The number of alkyl halides is 3. The van der Waals surface area contributed by atoms with E-state index in [9.17, 15) is 13.2 Å². The molecular formula is C16H11F3N2S. The minimum absolute atomic E-state index is 0.649. The molecule has 0 unspecified atom stereocenters. The van der Waals surface area contributed by atoms with E-state index in [2.05, 4.69) is 9.71 Å². The van der Waals surface area contributed by atoms with Crippen molar-refractivity contribution >= 4 is 28.5 Å². The van der Waals surface area contributed by atoms with Crippen LogP contribution in [0, 0.1) is 0 Å². The molecule has 0 bridgehead atoms. The molecule has 0 aliphatic rings. The van der Waals surface area contributed by atoms with Gasteiger partial charge in [-0.3, -0.25) is 4.98 Å². The topological polar surface area (TPSA) is 24.9 Å². The SMILES string of the molecule is FC(F)(F)c1ccc(SNc2cccc3cccnc23)cc1. The summed E-state index contributed by atoms with van der Waals surface area (Å²) in [6.45, 7) is 0. The first-order valence-corrected chi connectivity index (χ1v) is 7.29. The van der Waals surface area contributed by atoms with Crippen LogP contribution in [0.25, 0.3) is 10.9 Å². The Balaban J connectivity index is 1.77. The second-order valence-electron chi connectivity index (χ2n) is 4.61. The molecule has 2 nitrogen and oxygen atoms in total. The molecule has 1 aromatic heterocycles. The normalized spacial score (nSPS) is 11.6. The first-order chi connectivity index (χ1) is 10.5. The Morgan fingerprint density at radius 1 is 0.909 bits per heavy atom. The van der Waals surface area contributed by atoms with Crippen molar-refractivity contribution in [3.63, 3.8) is 0 Å². The molecule has 3 aromatic rings. The van der Waals surface area contributed by atoms with Gasteiger partial charge in [0.2, 0.25) is 0 Å². The van der Waals surface area contributed by atoms with Crippen molar-refractivity contribution in [2.45, 2.75) is 11.1 Å². The van der Waals surface area contributed by atoms with E-state index in [0.717, 1.165) is 28.7 Å². The highest BCUT2D eigenvalue weighted by Gasteiger charge is 2.29. The molecule has 3 rings (SSSR count). The Kier molecular flexibility index (Phi) is 3.94. The summed E-state index contributed by atoms with van der Waals surface area (Å²) >= 11 is 1.25. The van der Waals surface area contributed by atoms with Crippen LogP contribution < -0.4 is 4.72 Å². The Hall–Kier alpha value is -2.21. The van der Waals surface area contributed by atoms with Gasteiger partial charge in [-0.1, -0.05) is 18.2 Å². The number of halogens is 3. The predicted octanol–water partition coefficient (Wildman–Crippen LogP) is 5.37. The predicted molar refractivity (Wildman–Crippen MR) is 82.7 cm³/mol. The fourth-order valence-corrected chi connectivity index (χ4v) is 2.68. The first kappa shape index (κ1) is 14.7. The van der Waals surface area contributed by atoms with E-state index in [4.69, 9.17) is 0 Å². The Labute approximate surface area is 129 Å². The van der Waals surface area contributed by atoms with Gasteiger partial charge >= 0.3 is 6.18 Å². The summed E-state index contributed by atoms with van der Waals surface area (Å²) in [7, 11) is 0. The molecule has 0 fully saturated rings. The number of nitrogens with zero attached hydrogens (tertiary/aromatic N) is 1. The van der Waals surface area contributed by atoms with Gasteiger partial charge in [0.1, 0.15) is 0 Å². The number of anilines is 1. The van der Waals surface area contributed by atoms with Crippen LogP contribution in [-0.4, -0.2) is 4.98 Å². The molecule has 0 aliphatic carbocycles. The van der Waals surface area contributed by atoms with Crippen molar-refractivity contribution in [1.29, 1.82) is 0 Å². The lowest BCUT2D eigenvalue weighted by molar-refractivity contribution is -0.137. The number of pyridine rings is 1. The number of benzene rings is 2. The average molecular weight is 320 g/mol. The zero-order valence-electron chi connectivity index (χ0n) is 11.3. The van der Waals surface area contributed by atoms with E-state index in [1.807, 2.05) is 30.3 Å². The summed E-state index contributed by atoms with van der Waals surface area (Å²) in [5.74, 6) is 0. The molecule has 1 heterocycles. The fraction of sp³-hybridized carbons (Fsp3) is 0.0625. The number of hydrogen-bond acceptors (Lipinski definition) is 3. The van der Waals surface area contributed by atoms with Gasteiger partial charge in [0.05, 0.1) is 16.8 Å². The maximum Gasteiger partial charge on any atom is 0.416 e. The van der Waals surface area contributed by atoms with Crippen molar-refractivity contribution in [3.05, 3.63) is 66.4 Å². The van der Waals surface area contributed by atoms with Crippen LogP contribution >= 0.6 is 11.9 Å². The highest BCUT2D eigenvalue weighted by molar-refractivity contribution is 8.00. The van der Waals surface area contributed by atoms with Crippen LogP contribution in [0.2, 0.25) is 0 Å². The van der Waals surface area contributed by atoms with E-state index in [-0.39, 0.29) is 0 Å². The fourth-order valence-electron chi connectivity index (χ4n) is 2.01. The van der Waals surface area contributed by atoms with E-state index < -0.39 is 11.7 Å². The largest absolute Gasteiger partial charge is 0.416 e. The van der Waals surface area contributed by atoms with Crippen molar-refractivity contribution in [2.75, 3.05) is 4.72 Å². The monoisotopic (exact) mass is 320 g/mol. The van der Waals surface area contributed by atoms with Crippen molar-refractivity contribution in [3.8, 4) is 0 Å². The Morgan fingerprint density at radius 3 is 2.36 bits per heavy atom. The summed E-state index contributed by atoms with van der Waals surface area (Å²) in [5.41, 5.74) is 0.996. The van der Waals surface area contributed by atoms with Crippen LogP contribution in [0.5, 0.6) is 0 Å². The minimum atomic E-state index is -4.31. The van der Waals surface area contributed by atoms with E-state index >= 15 is 0 Å². The molecule has 112 valence electrons. The zero-order valence-corrected chi connectivity index (χ0v) is 12.1. The molecule has 1 N–H and O–H groups in total. The van der Waals surface area contributed by atoms with E-state index in [0.29, 0.717) is 4.90 Å². The molecule has 2 aromatic carbocycles. The van der Waals surface area contributed by atoms with Crippen molar-refractivity contribution in [1.82, 2.24) is 4.98 Å². The molecule has 0 amide bonds. The lowest BCUT2D eigenvalue weighted by atomic mass is 10.2. The van der Waals surface area contributed by atoms with Crippen LogP contribution in [0.1, 0.15) is 5.56 Å². The smallest absolute Gasteiger partial charge is 0.324 e. The highest BCUT2D eigenvalue weighted by Crippen LogP contribution is 2.31. The quantitative estimate of drug-likeness (QED) is 0.656. The average Bonchev–Trinajstić information content (AvgIpc) is 2.52. The molecular weight excluding hydrogens is 309 g/mol. The summed E-state index contributed by atoms with van der Waals surface area (Å²) in [6.07, 6.45) is -2.60. The lowest BCUT2D eigenvalue weighted by Crippen LogP contribution is -2.04. The van der Waals surface area contributed by atoms with E-state index in [1.165, 1.54) is 24.1 Å². The molecule has 0 saturated carbocycles. The summed E-state index contributed by atoms with van der Waals surface area (Å²) in [5, 5.41) is 1.00. The second kappa shape index (κ2) is 5.88. The van der Waals surface area contributed by atoms with Crippen molar-refractivity contribution < 1.29 is 13.2 Å². The molecule has 22 heavy (non-hydrogen) atoms. The third-order valence-electron chi connectivity index (χ3n) is 3.09. The van der Waals surface area contributed by atoms with Crippen LogP contribution in [0.4, 0.5) is 18.9 Å². The minimum Gasteiger partial charge on any atom is -0.324 e. The number of hydrogen-bond donors (Lipinski definition) is 1. The standard InChI is InChI=1S/C16H11F3N2S/c17-16(18,19)12-6-8-13(9-7-12)22-21-14-5-1-3-11-4-2-10-20-15(11)14/h1-10,21H. The molecule has 0 aliphatic heterocycles. The number of fused-ring (bicyclic) bond motifs is 1. The summed E-state index contributed by atoms with van der Waals surface area (Å²) in [4.78, 5) is 5.01. The van der Waals surface area contributed by atoms with Crippen LogP contribution in [0.15, 0.2) is 65.7 Å². The Bertz CT molecular complexity index is 780. The van der Waals surface area contributed by atoms with Crippen molar-refractivity contribution in [2.24, 2.45) is 0 Å². The molecule has 0 radical (unpaired) electrons. The number of rotatable bonds is 3. The summed E-state index contributed by atoms with van der Waals surface area (Å²) < 4.78 is 40.7. The zero-order chi connectivity index (χ0) is 15.6. The van der Waals surface area contributed by atoms with Gasteiger partial charge in [-0.2, -0.15) is 13.2 Å².